The zero-order chi connectivity index (χ0) is 14.8. The number of hydrogen-bond acceptors (Lipinski definition) is 2. The van der Waals surface area contributed by atoms with Crippen LogP contribution in [0.15, 0.2) is 24.3 Å². The van der Waals surface area contributed by atoms with E-state index < -0.39 is 0 Å². The highest BCUT2D eigenvalue weighted by molar-refractivity contribution is 5.79. The van der Waals surface area contributed by atoms with Crippen molar-refractivity contribution in [3.63, 3.8) is 0 Å². The van der Waals surface area contributed by atoms with E-state index in [4.69, 9.17) is 0 Å². The second-order valence-electron chi connectivity index (χ2n) is 6.27. The second-order valence-corrected chi connectivity index (χ2v) is 6.27. The van der Waals surface area contributed by atoms with Gasteiger partial charge in [-0.1, -0.05) is 18.6 Å². The van der Waals surface area contributed by atoms with Crippen LogP contribution < -0.4 is 0 Å². The van der Waals surface area contributed by atoms with Crippen molar-refractivity contribution in [3.05, 3.63) is 35.6 Å². The van der Waals surface area contributed by atoms with Crippen molar-refractivity contribution in [2.45, 2.75) is 50.7 Å². The van der Waals surface area contributed by atoms with Crippen LogP contribution in [0.1, 0.15) is 37.7 Å². The Kier molecular flexibility index (Phi) is 4.24. The number of carbonyl (C=O) groups excluding carboxylic acids is 1. The Balaban J connectivity index is 1.68. The maximum atomic E-state index is 13.2. The zero-order valence-corrected chi connectivity index (χ0v) is 12.2. The SMILES string of the molecule is O=C(Cc1cccc(F)c1)N1CCCC1C1CCCC1O. The lowest BCUT2D eigenvalue weighted by molar-refractivity contribution is -0.132. The van der Waals surface area contributed by atoms with Gasteiger partial charge < -0.3 is 10.0 Å². The van der Waals surface area contributed by atoms with Crippen LogP contribution in [0.3, 0.4) is 0 Å². The average molecular weight is 291 g/mol. The molecule has 1 saturated heterocycles. The predicted molar refractivity (Wildman–Crippen MR) is 78.2 cm³/mol. The number of halogens is 1. The van der Waals surface area contributed by atoms with Crippen LogP contribution in [0.25, 0.3) is 0 Å². The fourth-order valence-corrected chi connectivity index (χ4v) is 3.89. The van der Waals surface area contributed by atoms with Gasteiger partial charge in [0.05, 0.1) is 12.5 Å². The number of hydrogen-bond donors (Lipinski definition) is 1. The van der Waals surface area contributed by atoms with E-state index in [1.807, 2.05) is 4.90 Å². The van der Waals surface area contributed by atoms with Crippen molar-refractivity contribution in [1.29, 1.82) is 0 Å². The van der Waals surface area contributed by atoms with Gasteiger partial charge in [0.15, 0.2) is 0 Å². The number of aliphatic hydroxyl groups excluding tert-OH is 1. The first kappa shape index (κ1) is 14.5. The summed E-state index contributed by atoms with van der Waals surface area (Å²) in [5, 5.41) is 10.1. The van der Waals surface area contributed by atoms with Gasteiger partial charge in [0.1, 0.15) is 5.82 Å². The maximum absolute atomic E-state index is 13.2. The summed E-state index contributed by atoms with van der Waals surface area (Å²) < 4.78 is 13.2. The molecule has 1 amide bonds. The van der Waals surface area contributed by atoms with Crippen molar-refractivity contribution >= 4 is 5.91 Å². The fraction of sp³-hybridized carbons (Fsp3) is 0.588. The summed E-state index contributed by atoms with van der Waals surface area (Å²) in [6, 6.07) is 6.41. The van der Waals surface area contributed by atoms with Crippen LogP contribution in [0.5, 0.6) is 0 Å². The summed E-state index contributed by atoms with van der Waals surface area (Å²) in [6.45, 7) is 0.766. The van der Waals surface area contributed by atoms with Gasteiger partial charge in [-0.15, -0.1) is 0 Å². The third-order valence-electron chi connectivity index (χ3n) is 4.89. The van der Waals surface area contributed by atoms with Gasteiger partial charge in [0.25, 0.3) is 0 Å². The van der Waals surface area contributed by atoms with Crippen molar-refractivity contribution in [2.24, 2.45) is 5.92 Å². The standard InChI is InChI=1S/C17H22FNO2/c18-13-5-1-4-12(10-13)11-17(21)19-9-3-7-15(19)14-6-2-8-16(14)20/h1,4-5,10,14-16,20H,2-3,6-9,11H2. The maximum Gasteiger partial charge on any atom is 0.227 e. The Morgan fingerprint density at radius 2 is 2.14 bits per heavy atom. The number of nitrogens with zero attached hydrogens (tertiary/aromatic N) is 1. The lowest BCUT2D eigenvalue weighted by atomic mass is 9.93. The molecule has 4 heteroatoms. The first-order chi connectivity index (χ1) is 10.1. The third-order valence-corrected chi connectivity index (χ3v) is 4.89. The molecule has 0 aromatic heterocycles. The molecule has 0 spiro atoms. The average Bonchev–Trinajstić information content (AvgIpc) is 3.06. The quantitative estimate of drug-likeness (QED) is 0.929. The van der Waals surface area contributed by atoms with Crippen LogP contribution in [0, 0.1) is 11.7 Å². The van der Waals surface area contributed by atoms with E-state index in [0.717, 1.165) is 44.2 Å². The Bertz CT molecular complexity index is 519. The van der Waals surface area contributed by atoms with Gasteiger partial charge in [-0.3, -0.25) is 4.79 Å². The summed E-state index contributed by atoms with van der Waals surface area (Å²) in [6.07, 6.45) is 4.88. The molecule has 3 atom stereocenters. The molecule has 1 N–H and O–H groups in total. The zero-order valence-electron chi connectivity index (χ0n) is 12.2. The second kappa shape index (κ2) is 6.14. The largest absolute Gasteiger partial charge is 0.393 e. The molecule has 1 saturated carbocycles. The third kappa shape index (κ3) is 3.10. The molecule has 114 valence electrons. The fourth-order valence-electron chi connectivity index (χ4n) is 3.89. The molecule has 3 nitrogen and oxygen atoms in total. The molecule has 1 aromatic rings. The molecule has 1 aromatic carbocycles. The van der Waals surface area contributed by atoms with Gasteiger partial charge in [-0.05, 0) is 43.4 Å². The Morgan fingerprint density at radius 1 is 1.29 bits per heavy atom. The van der Waals surface area contributed by atoms with Gasteiger partial charge in [0.2, 0.25) is 5.91 Å². The van der Waals surface area contributed by atoms with E-state index in [-0.39, 0.29) is 36.2 Å². The highest BCUT2D eigenvalue weighted by atomic mass is 19.1. The summed E-state index contributed by atoms with van der Waals surface area (Å²) in [5.41, 5.74) is 0.720. The molecule has 3 rings (SSSR count). The highest BCUT2D eigenvalue weighted by Crippen LogP contribution is 2.36. The molecule has 2 aliphatic rings. The van der Waals surface area contributed by atoms with Crippen LogP contribution in [-0.4, -0.2) is 34.6 Å². The van der Waals surface area contributed by atoms with Gasteiger partial charge in [-0.25, -0.2) is 4.39 Å². The molecular weight excluding hydrogens is 269 g/mol. The predicted octanol–water partition coefficient (Wildman–Crippen LogP) is 2.52. The monoisotopic (exact) mass is 291 g/mol. The first-order valence-electron chi connectivity index (χ1n) is 7.87. The van der Waals surface area contributed by atoms with Crippen LogP contribution in [0.2, 0.25) is 0 Å². The molecule has 2 fully saturated rings. The molecule has 3 unspecified atom stereocenters. The van der Waals surface area contributed by atoms with Gasteiger partial charge in [-0.2, -0.15) is 0 Å². The van der Waals surface area contributed by atoms with Crippen LogP contribution in [0.4, 0.5) is 4.39 Å². The summed E-state index contributed by atoms with van der Waals surface area (Å²) in [7, 11) is 0. The molecule has 1 heterocycles. The molecular formula is C17H22FNO2. The lowest BCUT2D eigenvalue weighted by Crippen LogP contribution is -2.43. The summed E-state index contributed by atoms with van der Waals surface area (Å²) >= 11 is 0. The summed E-state index contributed by atoms with van der Waals surface area (Å²) in [4.78, 5) is 14.4. The minimum absolute atomic E-state index is 0.0576. The van der Waals surface area contributed by atoms with Crippen molar-refractivity contribution in [2.75, 3.05) is 6.54 Å². The van der Waals surface area contributed by atoms with E-state index in [0.29, 0.717) is 0 Å². The number of benzene rings is 1. The van der Waals surface area contributed by atoms with Gasteiger partial charge in [0, 0.05) is 18.5 Å². The van der Waals surface area contributed by atoms with E-state index in [1.165, 1.54) is 12.1 Å². The molecule has 0 radical (unpaired) electrons. The minimum atomic E-state index is -0.301. The smallest absolute Gasteiger partial charge is 0.227 e. The van der Waals surface area contributed by atoms with E-state index in [9.17, 15) is 14.3 Å². The van der Waals surface area contributed by atoms with Crippen LogP contribution in [-0.2, 0) is 11.2 Å². The topological polar surface area (TPSA) is 40.5 Å². The number of likely N-dealkylation sites (tertiary alicyclic amines) is 1. The van der Waals surface area contributed by atoms with E-state index >= 15 is 0 Å². The van der Waals surface area contributed by atoms with Crippen molar-refractivity contribution in [1.82, 2.24) is 4.90 Å². The van der Waals surface area contributed by atoms with Gasteiger partial charge >= 0.3 is 0 Å². The van der Waals surface area contributed by atoms with Crippen LogP contribution >= 0.6 is 0 Å². The first-order valence-corrected chi connectivity index (χ1v) is 7.87. The number of rotatable bonds is 3. The van der Waals surface area contributed by atoms with E-state index in [1.54, 1.807) is 12.1 Å². The van der Waals surface area contributed by atoms with E-state index in [2.05, 4.69) is 0 Å². The molecule has 21 heavy (non-hydrogen) atoms. The molecule has 1 aliphatic heterocycles. The Labute approximate surface area is 124 Å². The molecule has 1 aliphatic carbocycles. The Morgan fingerprint density at radius 3 is 2.86 bits per heavy atom. The highest BCUT2D eigenvalue weighted by Gasteiger charge is 2.39. The normalized spacial score (nSPS) is 29.0. The number of aliphatic hydroxyl groups is 1. The minimum Gasteiger partial charge on any atom is -0.393 e. The summed E-state index contributed by atoms with van der Waals surface area (Å²) in [5.74, 6) is -0.0179. The number of amides is 1. The molecule has 0 bridgehead atoms. The van der Waals surface area contributed by atoms with Crippen molar-refractivity contribution in [3.8, 4) is 0 Å². The number of carbonyl (C=O) groups is 1. The lowest BCUT2D eigenvalue weighted by Gasteiger charge is -2.31. The Hall–Kier alpha value is -1.42. The van der Waals surface area contributed by atoms with Crippen molar-refractivity contribution < 1.29 is 14.3 Å².